The first-order valence-corrected chi connectivity index (χ1v) is 5.32. The van der Waals surface area contributed by atoms with E-state index < -0.39 is 0 Å². The summed E-state index contributed by atoms with van der Waals surface area (Å²) in [5, 5.41) is 0. The lowest BCUT2D eigenvalue weighted by Gasteiger charge is -2.19. The summed E-state index contributed by atoms with van der Waals surface area (Å²) in [4.78, 5) is 0. The molecule has 15 heavy (non-hydrogen) atoms. The standard InChI is InChI=1S/C14H16O/c1-4-5-6-12-7-8-13-9-14(12)15-11(3)10(13)2/h4-5,7-9H,6H2,1-3H3/b5-4-. The third-order valence-electron chi connectivity index (χ3n) is 2.86. The molecule has 1 aliphatic rings. The predicted octanol–water partition coefficient (Wildman–Crippen LogP) is 3.95. The number of allylic oxidation sites excluding steroid dienone is 4. The van der Waals surface area contributed by atoms with Crippen molar-refractivity contribution in [1.82, 2.24) is 0 Å². The summed E-state index contributed by atoms with van der Waals surface area (Å²) < 4.78 is 5.78. The third-order valence-corrected chi connectivity index (χ3v) is 2.86. The highest BCUT2D eigenvalue weighted by Gasteiger charge is 2.13. The maximum atomic E-state index is 5.78. The van der Waals surface area contributed by atoms with Crippen LogP contribution in [0.4, 0.5) is 0 Å². The summed E-state index contributed by atoms with van der Waals surface area (Å²) in [5.41, 5.74) is 3.77. The summed E-state index contributed by atoms with van der Waals surface area (Å²) in [6.45, 7) is 6.16. The van der Waals surface area contributed by atoms with E-state index in [4.69, 9.17) is 4.74 Å². The molecule has 0 spiro atoms. The fourth-order valence-electron chi connectivity index (χ4n) is 1.74. The molecule has 0 fully saturated rings. The van der Waals surface area contributed by atoms with Crippen LogP contribution in [0.15, 0.2) is 36.1 Å². The molecule has 1 heterocycles. The number of fused-ring (bicyclic) bond motifs is 2. The molecule has 1 heteroatoms. The zero-order valence-corrected chi connectivity index (χ0v) is 9.50. The molecular formula is C14H16O. The number of hydrogen-bond acceptors (Lipinski definition) is 1. The minimum Gasteiger partial charge on any atom is -0.461 e. The largest absolute Gasteiger partial charge is 0.461 e. The topological polar surface area (TPSA) is 9.23 Å². The normalized spacial score (nSPS) is 14.6. The molecule has 0 N–H and O–H groups in total. The highest BCUT2D eigenvalue weighted by molar-refractivity contribution is 5.70. The Bertz CT molecular complexity index is 439. The van der Waals surface area contributed by atoms with Crippen molar-refractivity contribution in [2.75, 3.05) is 0 Å². The van der Waals surface area contributed by atoms with Crippen LogP contribution in [0.5, 0.6) is 5.75 Å². The van der Waals surface area contributed by atoms with E-state index in [0.717, 1.165) is 17.9 Å². The molecular weight excluding hydrogens is 184 g/mol. The number of benzene rings is 1. The Kier molecular flexibility index (Phi) is 2.63. The summed E-state index contributed by atoms with van der Waals surface area (Å²) in [6, 6.07) is 6.45. The van der Waals surface area contributed by atoms with Gasteiger partial charge in [0, 0.05) is 0 Å². The second kappa shape index (κ2) is 3.93. The zero-order chi connectivity index (χ0) is 10.8. The molecule has 0 saturated heterocycles. The Hall–Kier alpha value is -1.50. The summed E-state index contributed by atoms with van der Waals surface area (Å²) in [5.74, 6) is 2.03. The Morgan fingerprint density at radius 3 is 2.80 bits per heavy atom. The van der Waals surface area contributed by atoms with Gasteiger partial charge in [-0.1, -0.05) is 24.3 Å². The molecule has 0 amide bonds. The summed E-state index contributed by atoms with van der Waals surface area (Å²) in [7, 11) is 0. The van der Waals surface area contributed by atoms with Gasteiger partial charge in [-0.15, -0.1) is 0 Å². The quantitative estimate of drug-likeness (QED) is 0.657. The lowest BCUT2D eigenvalue weighted by atomic mass is 10.00. The number of hydrogen-bond donors (Lipinski definition) is 0. The Morgan fingerprint density at radius 2 is 2.07 bits per heavy atom. The van der Waals surface area contributed by atoms with E-state index in [9.17, 15) is 0 Å². The lowest BCUT2D eigenvalue weighted by molar-refractivity contribution is 0.421. The van der Waals surface area contributed by atoms with E-state index in [-0.39, 0.29) is 0 Å². The van der Waals surface area contributed by atoms with E-state index in [1.54, 1.807) is 0 Å². The van der Waals surface area contributed by atoms with Crippen molar-refractivity contribution in [3.8, 4) is 5.75 Å². The maximum Gasteiger partial charge on any atom is 0.131 e. The molecule has 0 aliphatic carbocycles. The van der Waals surface area contributed by atoms with Crippen molar-refractivity contribution in [3.63, 3.8) is 0 Å². The van der Waals surface area contributed by atoms with Crippen molar-refractivity contribution >= 4 is 5.57 Å². The van der Waals surface area contributed by atoms with Gasteiger partial charge in [-0.2, -0.15) is 0 Å². The molecule has 0 saturated carbocycles. The molecule has 1 aromatic rings. The zero-order valence-electron chi connectivity index (χ0n) is 9.50. The van der Waals surface area contributed by atoms with Gasteiger partial charge >= 0.3 is 0 Å². The second-order valence-corrected chi connectivity index (χ2v) is 3.88. The molecule has 1 nitrogen and oxygen atoms in total. The van der Waals surface area contributed by atoms with Gasteiger partial charge in [0.1, 0.15) is 11.5 Å². The van der Waals surface area contributed by atoms with Crippen molar-refractivity contribution in [3.05, 3.63) is 47.2 Å². The maximum absolute atomic E-state index is 5.78. The van der Waals surface area contributed by atoms with Crippen LogP contribution in [0.2, 0.25) is 0 Å². The van der Waals surface area contributed by atoms with Crippen molar-refractivity contribution in [2.24, 2.45) is 0 Å². The van der Waals surface area contributed by atoms with Crippen LogP contribution in [0.25, 0.3) is 5.57 Å². The first-order chi connectivity index (χ1) is 7.22. The summed E-state index contributed by atoms with van der Waals surface area (Å²) in [6.07, 6.45) is 5.16. The summed E-state index contributed by atoms with van der Waals surface area (Å²) >= 11 is 0. The van der Waals surface area contributed by atoms with Crippen LogP contribution in [0.3, 0.4) is 0 Å². The fraction of sp³-hybridized carbons (Fsp3) is 0.286. The predicted molar refractivity (Wildman–Crippen MR) is 63.9 cm³/mol. The monoisotopic (exact) mass is 200 g/mol. The van der Waals surface area contributed by atoms with Crippen LogP contribution in [-0.4, -0.2) is 0 Å². The van der Waals surface area contributed by atoms with Crippen LogP contribution in [-0.2, 0) is 6.42 Å². The number of ether oxygens (including phenoxy) is 1. The van der Waals surface area contributed by atoms with Gasteiger partial charge in [-0.3, -0.25) is 0 Å². The van der Waals surface area contributed by atoms with E-state index >= 15 is 0 Å². The molecule has 1 aromatic carbocycles. The molecule has 1 aliphatic heterocycles. The van der Waals surface area contributed by atoms with E-state index in [2.05, 4.69) is 37.3 Å². The first-order valence-electron chi connectivity index (χ1n) is 5.32. The fourth-order valence-corrected chi connectivity index (χ4v) is 1.74. The second-order valence-electron chi connectivity index (χ2n) is 3.88. The van der Waals surface area contributed by atoms with E-state index in [1.807, 2.05) is 13.8 Å². The van der Waals surface area contributed by atoms with E-state index in [0.29, 0.717) is 0 Å². The molecule has 0 aromatic heterocycles. The SMILES string of the molecule is C/C=C\Cc1ccc2cc1OC(C)=C2C. The van der Waals surface area contributed by atoms with Crippen LogP contribution in [0, 0.1) is 0 Å². The van der Waals surface area contributed by atoms with Crippen molar-refractivity contribution in [2.45, 2.75) is 27.2 Å². The van der Waals surface area contributed by atoms with Crippen molar-refractivity contribution in [1.29, 1.82) is 0 Å². The van der Waals surface area contributed by atoms with Gasteiger partial charge in [-0.05, 0) is 50.0 Å². The lowest BCUT2D eigenvalue weighted by Crippen LogP contribution is -2.03. The molecule has 78 valence electrons. The number of rotatable bonds is 2. The third kappa shape index (κ3) is 1.82. The minimum atomic E-state index is 0.943. The van der Waals surface area contributed by atoms with Crippen molar-refractivity contribution < 1.29 is 4.74 Å². The van der Waals surface area contributed by atoms with Crippen LogP contribution in [0.1, 0.15) is 31.9 Å². The van der Waals surface area contributed by atoms with Gasteiger partial charge in [0.05, 0.1) is 0 Å². The molecule has 0 unspecified atom stereocenters. The Balaban J connectivity index is 2.37. The van der Waals surface area contributed by atoms with Gasteiger partial charge in [0.15, 0.2) is 0 Å². The molecule has 2 rings (SSSR count). The highest BCUT2D eigenvalue weighted by Crippen LogP contribution is 2.33. The van der Waals surface area contributed by atoms with Crippen LogP contribution >= 0.6 is 0 Å². The Morgan fingerprint density at radius 1 is 1.27 bits per heavy atom. The van der Waals surface area contributed by atoms with Crippen LogP contribution < -0.4 is 4.74 Å². The smallest absolute Gasteiger partial charge is 0.131 e. The first kappa shape index (κ1) is 10.0. The average molecular weight is 200 g/mol. The average Bonchev–Trinajstić information content (AvgIpc) is 2.25. The van der Waals surface area contributed by atoms with Gasteiger partial charge in [-0.25, -0.2) is 0 Å². The van der Waals surface area contributed by atoms with Gasteiger partial charge in [0.2, 0.25) is 0 Å². The molecule has 2 bridgehead atoms. The molecule has 0 radical (unpaired) electrons. The Labute approximate surface area is 91.1 Å². The minimum absolute atomic E-state index is 0.943. The van der Waals surface area contributed by atoms with Gasteiger partial charge in [0.25, 0.3) is 0 Å². The van der Waals surface area contributed by atoms with E-state index in [1.165, 1.54) is 16.7 Å². The highest BCUT2D eigenvalue weighted by atomic mass is 16.5. The van der Waals surface area contributed by atoms with Gasteiger partial charge < -0.3 is 4.74 Å². The molecule has 0 atom stereocenters.